The second kappa shape index (κ2) is 5.65. The fourth-order valence-electron chi connectivity index (χ4n) is 2.65. The van der Waals surface area contributed by atoms with Crippen LogP contribution in [0.1, 0.15) is 12.8 Å². The summed E-state index contributed by atoms with van der Waals surface area (Å²) in [7, 11) is 2.09. The van der Waals surface area contributed by atoms with Crippen molar-refractivity contribution in [3.63, 3.8) is 0 Å². The Labute approximate surface area is 122 Å². The lowest BCUT2D eigenvalue weighted by Crippen LogP contribution is -2.35. The monoisotopic (exact) mass is 287 g/mol. The Morgan fingerprint density at radius 2 is 1.95 bits per heavy atom. The quantitative estimate of drug-likeness (QED) is 0.641. The minimum absolute atomic E-state index is 0.0151. The van der Waals surface area contributed by atoms with Crippen molar-refractivity contribution in [1.29, 1.82) is 0 Å². The van der Waals surface area contributed by atoms with Gasteiger partial charge in [-0.05, 0) is 32.0 Å². The van der Waals surface area contributed by atoms with E-state index in [-0.39, 0.29) is 11.8 Å². The van der Waals surface area contributed by atoms with E-state index in [2.05, 4.69) is 16.9 Å². The van der Waals surface area contributed by atoms with E-state index >= 15 is 0 Å². The molecule has 0 amide bonds. The van der Waals surface area contributed by atoms with Gasteiger partial charge in [-0.1, -0.05) is 12.1 Å². The average molecular weight is 287 g/mol. The third kappa shape index (κ3) is 2.80. The standard InChI is InChI=1S/C15H17N3O3/c1-17-8-6-11(7-9-17)21-15-13-5-3-2-4-12(13)14(10-16-15)18(19)20/h2-5,10-11H,6-9H2,1H3. The molecule has 0 N–H and O–H groups in total. The molecule has 0 bridgehead atoms. The van der Waals surface area contributed by atoms with Crippen LogP contribution in [-0.2, 0) is 0 Å². The summed E-state index contributed by atoms with van der Waals surface area (Å²) in [6.07, 6.45) is 3.30. The molecule has 0 aliphatic carbocycles. The summed E-state index contributed by atoms with van der Waals surface area (Å²) in [5.41, 5.74) is 0.0151. The van der Waals surface area contributed by atoms with Gasteiger partial charge in [-0.3, -0.25) is 10.1 Å². The van der Waals surface area contributed by atoms with Gasteiger partial charge in [0.1, 0.15) is 12.3 Å². The topological polar surface area (TPSA) is 68.5 Å². The van der Waals surface area contributed by atoms with E-state index in [1.54, 1.807) is 12.1 Å². The maximum Gasteiger partial charge on any atom is 0.295 e. The summed E-state index contributed by atoms with van der Waals surface area (Å²) in [6, 6.07) is 7.18. The number of hydrogen-bond acceptors (Lipinski definition) is 5. The Kier molecular flexibility index (Phi) is 3.70. The van der Waals surface area contributed by atoms with Gasteiger partial charge in [-0.25, -0.2) is 4.98 Å². The Balaban J connectivity index is 1.93. The van der Waals surface area contributed by atoms with Gasteiger partial charge in [-0.15, -0.1) is 0 Å². The minimum atomic E-state index is -0.408. The van der Waals surface area contributed by atoms with Gasteiger partial charge >= 0.3 is 0 Å². The van der Waals surface area contributed by atoms with Gasteiger partial charge in [0.2, 0.25) is 5.88 Å². The number of ether oxygens (including phenoxy) is 1. The van der Waals surface area contributed by atoms with E-state index in [1.165, 1.54) is 6.20 Å². The molecule has 1 aromatic heterocycles. The first-order chi connectivity index (χ1) is 10.1. The summed E-state index contributed by atoms with van der Waals surface area (Å²) >= 11 is 0. The van der Waals surface area contributed by atoms with Crippen molar-refractivity contribution in [2.75, 3.05) is 20.1 Å². The predicted octanol–water partition coefficient (Wildman–Crippen LogP) is 2.62. The maximum atomic E-state index is 11.1. The van der Waals surface area contributed by atoms with Gasteiger partial charge in [0.25, 0.3) is 5.69 Å². The van der Waals surface area contributed by atoms with E-state index in [9.17, 15) is 10.1 Å². The van der Waals surface area contributed by atoms with Crippen LogP contribution in [0.15, 0.2) is 30.5 Å². The largest absolute Gasteiger partial charge is 0.474 e. The number of pyridine rings is 1. The lowest BCUT2D eigenvalue weighted by Gasteiger charge is -2.29. The Morgan fingerprint density at radius 3 is 2.62 bits per heavy atom. The second-order valence-corrected chi connectivity index (χ2v) is 5.37. The molecule has 21 heavy (non-hydrogen) atoms. The van der Waals surface area contributed by atoms with Crippen molar-refractivity contribution in [2.45, 2.75) is 18.9 Å². The number of benzene rings is 1. The van der Waals surface area contributed by atoms with Crippen molar-refractivity contribution in [3.05, 3.63) is 40.6 Å². The number of nitro groups is 1. The number of hydrogen-bond donors (Lipinski definition) is 0. The van der Waals surface area contributed by atoms with Gasteiger partial charge < -0.3 is 9.64 Å². The second-order valence-electron chi connectivity index (χ2n) is 5.37. The molecule has 2 aromatic rings. The van der Waals surface area contributed by atoms with Crippen LogP contribution >= 0.6 is 0 Å². The zero-order valence-electron chi connectivity index (χ0n) is 11.9. The van der Waals surface area contributed by atoms with Crippen molar-refractivity contribution in [1.82, 2.24) is 9.88 Å². The highest BCUT2D eigenvalue weighted by Crippen LogP contribution is 2.31. The fraction of sp³-hybridized carbons (Fsp3) is 0.400. The molecule has 1 saturated heterocycles. The predicted molar refractivity (Wildman–Crippen MR) is 79.5 cm³/mol. The summed E-state index contributed by atoms with van der Waals surface area (Å²) in [4.78, 5) is 17.1. The first-order valence-electron chi connectivity index (χ1n) is 7.02. The van der Waals surface area contributed by atoms with Crippen LogP contribution in [-0.4, -0.2) is 41.0 Å². The zero-order valence-corrected chi connectivity index (χ0v) is 11.9. The summed E-state index contributed by atoms with van der Waals surface area (Å²) in [5, 5.41) is 12.3. The summed E-state index contributed by atoms with van der Waals surface area (Å²) in [5.74, 6) is 0.491. The van der Waals surface area contributed by atoms with Crippen LogP contribution in [0.4, 0.5) is 5.69 Å². The molecule has 6 heteroatoms. The molecular formula is C15H17N3O3. The molecule has 3 rings (SSSR count). The van der Waals surface area contributed by atoms with Crippen LogP contribution in [0.2, 0.25) is 0 Å². The third-order valence-electron chi connectivity index (χ3n) is 3.88. The van der Waals surface area contributed by atoms with E-state index in [0.29, 0.717) is 16.7 Å². The molecule has 0 saturated carbocycles. The maximum absolute atomic E-state index is 11.1. The van der Waals surface area contributed by atoms with Crippen LogP contribution in [0.3, 0.4) is 0 Å². The highest BCUT2D eigenvalue weighted by atomic mass is 16.6. The van der Waals surface area contributed by atoms with Crippen molar-refractivity contribution in [2.24, 2.45) is 0 Å². The number of likely N-dealkylation sites (tertiary alicyclic amines) is 1. The van der Waals surface area contributed by atoms with Gasteiger partial charge in [-0.2, -0.15) is 0 Å². The zero-order chi connectivity index (χ0) is 14.8. The number of rotatable bonds is 3. The number of fused-ring (bicyclic) bond motifs is 1. The molecule has 0 atom stereocenters. The molecular weight excluding hydrogens is 270 g/mol. The highest BCUT2D eigenvalue weighted by molar-refractivity contribution is 5.93. The Morgan fingerprint density at radius 1 is 1.29 bits per heavy atom. The number of nitrogens with zero attached hydrogens (tertiary/aromatic N) is 3. The first-order valence-corrected chi connectivity index (χ1v) is 7.02. The van der Waals surface area contributed by atoms with Crippen LogP contribution in [0, 0.1) is 10.1 Å². The molecule has 0 spiro atoms. The molecule has 0 radical (unpaired) electrons. The van der Waals surface area contributed by atoms with Crippen LogP contribution < -0.4 is 4.74 Å². The van der Waals surface area contributed by atoms with E-state index < -0.39 is 4.92 Å². The smallest absolute Gasteiger partial charge is 0.295 e. The molecule has 110 valence electrons. The van der Waals surface area contributed by atoms with E-state index in [4.69, 9.17) is 4.74 Å². The lowest BCUT2D eigenvalue weighted by molar-refractivity contribution is -0.383. The molecule has 6 nitrogen and oxygen atoms in total. The van der Waals surface area contributed by atoms with Gasteiger partial charge in [0.05, 0.1) is 15.7 Å². The van der Waals surface area contributed by atoms with Crippen molar-refractivity contribution >= 4 is 16.5 Å². The normalized spacial score (nSPS) is 17.0. The average Bonchev–Trinajstić information content (AvgIpc) is 2.49. The Bertz CT molecular complexity index is 666. The summed E-state index contributed by atoms with van der Waals surface area (Å²) < 4.78 is 5.99. The highest BCUT2D eigenvalue weighted by Gasteiger charge is 2.21. The molecule has 1 aliphatic heterocycles. The van der Waals surface area contributed by atoms with Crippen LogP contribution in [0.5, 0.6) is 5.88 Å². The number of aromatic nitrogens is 1. The van der Waals surface area contributed by atoms with E-state index in [0.717, 1.165) is 25.9 Å². The Hall–Kier alpha value is -2.21. The third-order valence-corrected chi connectivity index (χ3v) is 3.88. The molecule has 1 aromatic carbocycles. The minimum Gasteiger partial charge on any atom is -0.474 e. The molecule has 2 heterocycles. The SMILES string of the molecule is CN1CCC(Oc2ncc([N+](=O)[O-])c3ccccc23)CC1. The van der Waals surface area contributed by atoms with Crippen LogP contribution in [0.25, 0.3) is 10.8 Å². The summed E-state index contributed by atoms with van der Waals surface area (Å²) in [6.45, 7) is 1.99. The van der Waals surface area contributed by atoms with Gasteiger partial charge in [0.15, 0.2) is 0 Å². The lowest BCUT2D eigenvalue weighted by atomic mass is 10.1. The fourth-order valence-corrected chi connectivity index (χ4v) is 2.65. The number of piperidine rings is 1. The molecule has 0 unspecified atom stereocenters. The van der Waals surface area contributed by atoms with E-state index in [1.807, 2.05) is 12.1 Å². The van der Waals surface area contributed by atoms with Gasteiger partial charge in [0, 0.05) is 13.1 Å². The molecule has 1 fully saturated rings. The van der Waals surface area contributed by atoms with Crippen molar-refractivity contribution < 1.29 is 9.66 Å². The van der Waals surface area contributed by atoms with Crippen molar-refractivity contribution in [3.8, 4) is 5.88 Å². The molecule has 1 aliphatic rings. The first kappa shape index (κ1) is 13.8.